The molecule has 2 heterocycles. The smallest absolute Gasteiger partial charge is 0.272 e. The predicted octanol–water partition coefficient (Wildman–Crippen LogP) is 5.84. The molecule has 8 nitrogen and oxygen atoms in total. The second-order valence-electron chi connectivity index (χ2n) is 9.06. The van der Waals surface area contributed by atoms with Gasteiger partial charge in [-0.3, -0.25) is 14.6 Å². The van der Waals surface area contributed by atoms with E-state index in [-0.39, 0.29) is 29.4 Å². The highest BCUT2D eigenvalue weighted by atomic mass is 32.1. The second kappa shape index (κ2) is 13.6. The number of allylic oxidation sites excluding steroid dienone is 2. The Balaban J connectivity index is 1.28. The number of anilines is 1. The van der Waals surface area contributed by atoms with E-state index in [1.807, 2.05) is 24.3 Å². The third-order valence-corrected chi connectivity index (χ3v) is 6.44. The Morgan fingerprint density at radius 3 is 2.35 bits per heavy atom. The van der Waals surface area contributed by atoms with E-state index in [0.717, 1.165) is 10.6 Å². The number of carbonyl (C=O) groups excluding carboxylic acids is 2. The molecule has 0 atom stereocenters. The topological polar surface area (TPSA) is 93.1 Å². The summed E-state index contributed by atoms with van der Waals surface area (Å²) in [5, 5.41) is 2.74. The first-order chi connectivity index (χ1) is 19.3. The average molecular weight is 561 g/mol. The largest absolute Gasteiger partial charge is 0.490 e. The van der Waals surface area contributed by atoms with Crippen LogP contribution in [0, 0.1) is 5.82 Å². The maximum Gasteiger partial charge on any atom is 0.272 e. The molecule has 10 heteroatoms. The number of halogens is 1. The number of carbonyl (C=O) groups is 2. The fourth-order valence-electron chi connectivity index (χ4n) is 3.89. The van der Waals surface area contributed by atoms with Crippen molar-refractivity contribution < 1.29 is 23.5 Å². The van der Waals surface area contributed by atoms with Crippen molar-refractivity contribution in [3.8, 4) is 17.4 Å². The molecule has 0 bridgehead atoms. The second-order valence-corrected chi connectivity index (χ2v) is 9.57. The Hall–Kier alpha value is -4.44. The molecule has 40 heavy (non-hydrogen) atoms. The molecule has 1 fully saturated rings. The van der Waals surface area contributed by atoms with Gasteiger partial charge >= 0.3 is 0 Å². The van der Waals surface area contributed by atoms with E-state index in [1.165, 1.54) is 42.6 Å². The van der Waals surface area contributed by atoms with E-state index >= 15 is 0 Å². The van der Waals surface area contributed by atoms with Crippen molar-refractivity contribution in [2.24, 2.45) is 4.99 Å². The van der Waals surface area contributed by atoms with Gasteiger partial charge in [0.1, 0.15) is 29.1 Å². The average Bonchev–Trinajstić information content (AvgIpc) is 2.97. The number of ether oxygens (including phenoxy) is 2. The van der Waals surface area contributed by atoms with Crippen molar-refractivity contribution in [1.29, 1.82) is 0 Å². The lowest BCUT2D eigenvalue weighted by molar-refractivity contribution is -0.128. The standard InChI is InChI=1S/C30H29FN4O4S/c1-20(29(36)34-22-6-14-28(33-19-22)39-24-7-4-21(31)5-8-24)3-13-27(32-2)30(37)35-17-15-25(16-18-35)38-23-9-11-26(40)12-10-23/h3-14,19,25,40H,2,15-18H2,1H3,(H,34,36)/b20-3+,27-13-. The molecule has 0 aliphatic carbocycles. The van der Waals surface area contributed by atoms with Gasteiger partial charge in [0.15, 0.2) is 0 Å². The number of nitrogens with one attached hydrogen (secondary N) is 1. The highest BCUT2D eigenvalue weighted by Crippen LogP contribution is 2.23. The molecular weight excluding hydrogens is 531 g/mol. The predicted molar refractivity (Wildman–Crippen MR) is 155 cm³/mol. The summed E-state index contributed by atoms with van der Waals surface area (Å²) in [5.74, 6) is 0.528. The lowest BCUT2D eigenvalue weighted by Gasteiger charge is -2.32. The third-order valence-electron chi connectivity index (χ3n) is 6.14. The van der Waals surface area contributed by atoms with Gasteiger partial charge in [0.05, 0.1) is 11.9 Å². The summed E-state index contributed by atoms with van der Waals surface area (Å²) < 4.78 is 24.6. The zero-order valence-corrected chi connectivity index (χ0v) is 22.8. The fraction of sp³-hybridized carbons (Fsp3) is 0.200. The molecule has 1 aliphatic rings. The molecule has 3 aromatic rings. The highest BCUT2D eigenvalue weighted by Gasteiger charge is 2.25. The van der Waals surface area contributed by atoms with Crippen molar-refractivity contribution in [3.63, 3.8) is 0 Å². The molecule has 206 valence electrons. The molecule has 1 aromatic heterocycles. The minimum absolute atomic E-state index is 0.0165. The maximum atomic E-state index is 13.0. The number of hydrogen-bond acceptors (Lipinski definition) is 7. The zero-order chi connectivity index (χ0) is 28.5. The van der Waals surface area contributed by atoms with Gasteiger partial charge in [0.2, 0.25) is 5.88 Å². The van der Waals surface area contributed by atoms with Crippen LogP contribution >= 0.6 is 12.6 Å². The number of likely N-dealkylation sites (tertiary alicyclic amines) is 1. The van der Waals surface area contributed by atoms with Crippen molar-refractivity contribution >= 4 is 36.8 Å². The van der Waals surface area contributed by atoms with Gasteiger partial charge in [-0.25, -0.2) is 9.37 Å². The number of benzene rings is 2. The summed E-state index contributed by atoms with van der Waals surface area (Å²) in [5.41, 5.74) is 0.970. The molecule has 0 saturated carbocycles. The monoisotopic (exact) mass is 560 g/mol. The number of aliphatic imine (C=N–C) groups is 1. The molecular formula is C30H29FN4O4S. The number of aromatic nitrogens is 1. The molecule has 1 aliphatic heterocycles. The first-order valence-corrected chi connectivity index (χ1v) is 13.1. The van der Waals surface area contributed by atoms with E-state index in [1.54, 1.807) is 24.0 Å². The third kappa shape index (κ3) is 8.03. The summed E-state index contributed by atoms with van der Waals surface area (Å²) in [4.78, 5) is 36.2. The molecule has 0 unspecified atom stereocenters. The van der Waals surface area contributed by atoms with Gasteiger partial charge in [0, 0.05) is 42.5 Å². The van der Waals surface area contributed by atoms with E-state index in [2.05, 4.69) is 34.6 Å². The molecule has 0 spiro atoms. The van der Waals surface area contributed by atoms with Crippen LogP contribution < -0.4 is 14.8 Å². The minimum Gasteiger partial charge on any atom is -0.490 e. The van der Waals surface area contributed by atoms with Gasteiger partial charge in [-0.05, 0) is 74.3 Å². The summed E-state index contributed by atoms with van der Waals surface area (Å²) >= 11 is 4.28. The Morgan fingerprint density at radius 1 is 1.05 bits per heavy atom. The number of amides is 2. The van der Waals surface area contributed by atoms with Crippen molar-refractivity contribution in [2.75, 3.05) is 18.4 Å². The number of rotatable bonds is 9. The first kappa shape index (κ1) is 28.6. The van der Waals surface area contributed by atoms with Crippen LogP contribution in [0.5, 0.6) is 17.4 Å². The highest BCUT2D eigenvalue weighted by molar-refractivity contribution is 7.80. The molecule has 2 aromatic carbocycles. The molecule has 2 amide bonds. The van der Waals surface area contributed by atoms with Crippen LogP contribution in [-0.2, 0) is 9.59 Å². The lowest BCUT2D eigenvalue weighted by Crippen LogP contribution is -2.42. The molecule has 1 saturated heterocycles. The molecule has 4 rings (SSSR count). The van der Waals surface area contributed by atoms with Crippen LogP contribution in [0.3, 0.4) is 0 Å². The quantitative estimate of drug-likeness (QED) is 0.148. The van der Waals surface area contributed by atoms with Gasteiger partial charge in [-0.1, -0.05) is 6.08 Å². The van der Waals surface area contributed by atoms with E-state index < -0.39 is 0 Å². The van der Waals surface area contributed by atoms with Gasteiger partial charge < -0.3 is 19.7 Å². The lowest BCUT2D eigenvalue weighted by atomic mass is 10.1. The normalized spacial score (nSPS) is 14.4. The summed E-state index contributed by atoms with van der Waals surface area (Å²) in [6.45, 7) is 6.20. The van der Waals surface area contributed by atoms with E-state index in [0.29, 0.717) is 48.8 Å². The Morgan fingerprint density at radius 2 is 1.73 bits per heavy atom. The number of piperidine rings is 1. The van der Waals surface area contributed by atoms with Gasteiger partial charge in [-0.2, -0.15) is 0 Å². The fourth-order valence-corrected chi connectivity index (χ4v) is 4.04. The number of thiol groups is 1. The minimum atomic E-state index is -0.370. The number of pyridine rings is 1. The first-order valence-electron chi connectivity index (χ1n) is 12.6. The van der Waals surface area contributed by atoms with Crippen LogP contribution in [0.15, 0.2) is 100 Å². The van der Waals surface area contributed by atoms with E-state index in [9.17, 15) is 14.0 Å². The zero-order valence-electron chi connectivity index (χ0n) is 21.9. The van der Waals surface area contributed by atoms with E-state index in [4.69, 9.17) is 9.47 Å². The summed E-state index contributed by atoms with van der Waals surface area (Å²) in [7, 11) is 0. The van der Waals surface area contributed by atoms with Crippen LogP contribution in [0.2, 0.25) is 0 Å². The van der Waals surface area contributed by atoms with Crippen LogP contribution in [0.4, 0.5) is 10.1 Å². The SMILES string of the molecule is C=N/C(=C\C=C(/C)C(=O)Nc1ccc(Oc2ccc(F)cc2)nc1)C(=O)N1CCC(Oc2ccc(S)cc2)CC1. The Labute approximate surface area is 237 Å². The van der Waals surface area contributed by atoms with Crippen LogP contribution in [-0.4, -0.2) is 47.6 Å². The van der Waals surface area contributed by atoms with Crippen LogP contribution in [0.1, 0.15) is 19.8 Å². The Bertz CT molecular complexity index is 1400. The van der Waals surface area contributed by atoms with Crippen molar-refractivity contribution in [2.45, 2.75) is 30.8 Å². The number of hydrogen-bond donors (Lipinski definition) is 2. The van der Waals surface area contributed by atoms with Crippen molar-refractivity contribution in [3.05, 3.63) is 96.1 Å². The maximum absolute atomic E-state index is 13.0. The van der Waals surface area contributed by atoms with Gasteiger partial charge in [0.25, 0.3) is 11.8 Å². The summed E-state index contributed by atoms with van der Waals surface area (Å²) in [6.07, 6.45) is 5.86. The molecule has 0 radical (unpaired) electrons. The number of nitrogens with zero attached hydrogens (tertiary/aromatic N) is 3. The van der Waals surface area contributed by atoms with Crippen LogP contribution in [0.25, 0.3) is 0 Å². The van der Waals surface area contributed by atoms with Gasteiger partial charge in [-0.15, -0.1) is 12.6 Å². The van der Waals surface area contributed by atoms with Crippen molar-refractivity contribution in [1.82, 2.24) is 9.88 Å². The summed E-state index contributed by atoms with van der Waals surface area (Å²) in [6, 6.07) is 16.3. The Kier molecular flexibility index (Phi) is 9.69. The molecule has 1 N–H and O–H groups in total.